The lowest BCUT2D eigenvalue weighted by Crippen LogP contribution is -2.46. The number of hydrogen-bond acceptors (Lipinski definition) is 19. The molecule has 29 heteroatoms. The van der Waals surface area contributed by atoms with Crippen molar-refractivity contribution in [3.63, 3.8) is 0 Å². The van der Waals surface area contributed by atoms with Gasteiger partial charge in [0.25, 0.3) is 6.47 Å². The largest absolute Gasteiger partial charge is 0.481 e. The second kappa shape index (κ2) is 25.4. The number of aliphatic hydroxyl groups excluding tert-OH is 2. The number of imidazole rings is 1. The average molecular weight is 1100 g/mol. The summed E-state index contributed by atoms with van der Waals surface area (Å²) in [6.07, 6.45) is 6.81. The number of phosphoric acid groups is 3. The quantitative estimate of drug-likeness (QED) is 0.0233. The van der Waals surface area contributed by atoms with E-state index in [1.165, 1.54) is 25.0 Å². The van der Waals surface area contributed by atoms with Crippen LogP contribution in [0.15, 0.2) is 36.9 Å². The smallest absolute Gasteiger partial charge is 0.461 e. The molecule has 7 unspecified atom stereocenters. The van der Waals surface area contributed by atoms with Crippen molar-refractivity contribution in [3.05, 3.63) is 48.0 Å². The van der Waals surface area contributed by atoms with Crippen LogP contribution in [0, 0.1) is 10.8 Å². The van der Waals surface area contributed by atoms with Crippen molar-refractivity contribution in [2.75, 3.05) is 32.0 Å². The Bertz CT molecular complexity index is 2560. The van der Waals surface area contributed by atoms with Gasteiger partial charge in [0.05, 0.1) is 19.5 Å². The Hall–Kier alpha value is -4.10. The summed E-state index contributed by atoms with van der Waals surface area (Å²) in [5, 5.41) is 26.7. The highest BCUT2D eigenvalue weighted by molar-refractivity contribution is 7.61. The molecule has 2 amide bonds. The molecule has 1 aliphatic heterocycles. The fraction of sp³-hybridized carbons (Fsp3) is 0.667. The number of aryl methyl sites for hydroxylation is 2. The molecule has 10 N–H and O–H groups in total. The van der Waals surface area contributed by atoms with E-state index < -0.39 is 84.6 Å². The van der Waals surface area contributed by atoms with Gasteiger partial charge in [-0.1, -0.05) is 57.4 Å². The monoisotopic (exact) mass is 1100 g/mol. The number of Topliss-reactive ketones (excluding diaryl/α,β-unsaturated/α-hetero) is 1. The van der Waals surface area contributed by atoms with E-state index in [2.05, 4.69) is 58.7 Å². The first-order valence-corrected chi connectivity index (χ1v) is 29.0. The van der Waals surface area contributed by atoms with Gasteiger partial charge in [0.1, 0.15) is 47.6 Å². The number of ether oxygens (including phenoxy) is 2. The van der Waals surface area contributed by atoms with E-state index in [0.29, 0.717) is 6.47 Å². The second-order valence-corrected chi connectivity index (χ2v) is 24.1. The fourth-order valence-electron chi connectivity index (χ4n) is 8.80. The van der Waals surface area contributed by atoms with Gasteiger partial charge >= 0.3 is 23.5 Å². The van der Waals surface area contributed by atoms with Gasteiger partial charge < -0.3 is 55.6 Å². The van der Waals surface area contributed by atoms with Crippen molar-refractivity contribution in [2.24, 2.45) is 10.8 Å². The summed E-state index contributed by atoms with van der Waals surface area (Å²) in [5.41, 5.74) is 6.37. The summed E-state index contributed by atoms with van der Waals surface area (Å²) in [4.78, 5) is 100. The summed E-state index contributed by atoms with van der Waals surface area (Å²) in [7, 11) is -16.5. The summed E-state index contributed by atoms with van der Waals surface area (Å²) in [6.45, 7) is 0.984. The number of fused-ring (bicyclic) bond motifs is 1. The van der Waals surface area contributed by atoms with Crippen LogP contribution in [0.3, 0.4) is 0 Å². The molecule has 2 saturated carbocycles. The number of amides is 2. The van der Waals surface area contributed by atoms with Gasteiger partial charge in [0, 0.05) is 36.8 Å². The minimum absolute atomic E-state index is 0.0289. The number of carbonyl (C=O) groups is 4. The van der Waals surface area contributed by atoms with Gasteiger partial charge in [-0.25, -0.2) is 28.6 Å². The van der Waals surface area contributed by atoms with E-state index in [4.69, 9.17) is 24.3 Å². The molecule has 1 aromatic carbocycles. The van der Waals surface area contributed by atoms with Gasteiger partial charge in [0.15, 0.2) is 17.7 Å². The zero-order valence-electron chi connectivity index (χ0n) is 41.3. The number of nitrogens with zero attached hydrogens (tertiary/aromatic N) is 4. The third-order valence-corrected chi connectivity index (χ3v) is 16.6. The number of nitrogens with two attached hydrogens (primary N) is 1. The van der Waals surface area contributed by atoms with Gasteiger partial charge in [-0.2, -0.15) is 4.31 Å². The van der Waals surface area contributed by atoms with E-state index in [0.717, 1.165) is 107 Å². The zero-order chi connectivity index (χ0) is 54.0. The van der Waals surface area contributed by atoms with Crippen molar-refractivity contribution in [1.82, 2.24) is 30.2 Å². The van der Waals surface area contributed by atoms with Gasteiger partial charge in [-0.15, -0.1) is 0 Å². The normalized spacial score (nSPS) is 22.1. The topological polar surface area (TPSA) is 390 Å². The first-order valence-electron chi connectivity index (χ1n) is 24.5. The number of nitrogen functional groups attached to an aromatic ring is 1. The fourth-order valence-corrected chi connectivity index (χ4v) is 11.6. The number of hydrogen-bond donors (Lipinski definition) is 9. The number of benzene rings is 1. The predicted molar refractivity (Wildman–Crippen MR) is 261 cm³/mol. The highest BCUT2D eigenvalue weighted by Crippen LogP contribution is 2.61. The van der Waals surface area contributed by atoms with Crippen LogP contribution in [-0.2, 0) is 73.1 Å². The van der Waals surface area contributed by atoms with Crippen molar-refractivity contribution in [1.29, 1.82) is 0 Å². The molecule has 3 heterocycles. The van der Waals surface area contributed by atoms with Crippen LogP contribution >= 0.6 is 23.5 Å². The van der Waals surface area contributed by atoms with Crippen LogP contribution in [-0.4, -0.2) is 130 Å². The number of nitrogens with one attached hydrogen (secondary N) is 2. The third-order valence-electron chi connectivity index (χ3n) is 13.5. The molecule has 3 aromatic rings. The van der Waals surface area contributed by atoms with Gasteiger partial charge in [-0.05, 0) is 81.8 Å². The molecule has 6 rings (SSSR count). The Kier molecular flexibility index (Phi) is 20.3. The Morgan fingerprint density at radius 1 is 0.878 bits per heavy atom. The molecule has 0 spiro atoms. The predicted octanol–water partition coefficient (Wildman–Crippen LogP) is 3.76. The van der Waals surface area contributed by atoms with Crippen molar-refractivity contribution in [2.45, 2.75) is 153 Å². The Balaban J connectivity index is 0.828. The number of aliphatic hydroxyl groups is 2. The number of aromatic nitrogens is 4. The SMILES string of the molecule is CC(C)(COP(=O)(O)OP(=O)(O)OCC1OC(n2cnc3c(N)ncnc32)C(O)C1OP(=O)(O)O)C(O)C(=O)NCCC(=O)NCCC(=O)C1(CCCCCc2ccc(CCCCCC3(OC=O)CC3)cc2)CC1. The van der Waals surface area contributed by atoms with Crippen molar-refractivity contribution in [3.8, 4) is 0 Å². The lowest BCUT2D eigenvalue weighted by molar-refractivity contribution is -0.137. The molecular formula is C45H68N7O19P3. The average Bonchev–Trinajstić information content (AvgIpc) is 4.23. The van der Waals surface area contributed by atoms with Gasteiger partial charge in [-0.3, -0.25) is 37.3 Å². The van der Waals surface area contributed by atoms with E-state index >= 15 is 0 Å². The number of rotatable bonds is 34. The lowest BCUT2D eigenvalue weighted by Gasteiger charge is -2.30. The molecule has 74 heavy (non-hydrogen) atoms. The Labute approximate surface area is 427 Å². The van der Waals surface area contributed by atoms with E-state index in [1.54, 1.807) is 0 Å². The van der Waals surface area contributed by atoms with Crippen molar-refractivity contribution >= 4 is 64.5 Å². The molecular weight excluding hydrogens is 1040 g/mol. The van der Waals surface area contributed by atoms with E-state index in [9.17, 15) is 62.7 Å². The second-order valence-electron chi connectivity index (χ2n) is 19.9. The Morgan fingerprint density at radius 2 is 1.50 bits per heavy atom. The number of anilines is 1. The van der Waals surface area contributed by atoms with Crippen molar-refractivity contribution < 1.29 is 90.0 Å². The van der Waals surface area contributed by atoms with Crippen LogP contribution in [0.25, 0.3) is 11.2 Å². The first kappa shape index (κ1) is 59.1. The molecule has 412 valence electrons. The maximum Gasteiger partial charge on any atom is 0.481 e. The standard InChI is InChI=1S/C45H68N7O19P3/c1-43(2,26-68-74(64,65)71-73(62,63)67-25-32-37(70-72(59,60)61)36(56)42(69-32)52-28-51-35-39(46)49-27-50-40(35)52)38(57)41(58)48-24-16-34(55)47-23-15-33(54)44(19-20-44)17-7-3-5-9-30-11-13-31(14-12-30)10-6-4-8-18-45(21-22-45)66-29-53/h11-14,27-29,32,36-38,42,56-57H,3-10,15-26H2,1-2H3,(H,47,55)(H,48,58)(H,62,63)(H,64,65)(H2,46,49,50)(H2,59,60,61). The molecule has 2 aromatic heterocycles. The molecule has 2 aliphatic carbocycles. The maximum atomic E-state index is 13.1. The maximum absolute atomic E-state index is 13.1. The molecule has 0 radical (unpaired) electrons. The van der Waals surface area contributed by atoms with E-state index in [-0.39, 0.29) is 59.7 Å². The van der Waals surface area contributed by atoms with Gasteiger partial charge in [0.2, 0.25) is 11.8 Å². The first-order chi connectivity index (χ1) is 34.9. The molecule has 0 bridgehead atoms. The summed E-state index contributed by atoms with van der Waals surface area (Å²) in [6, 6.07) is 8.78. The number of ketones is 1. The molecule has 7 atom stereocenters. The minimum atomic E-state index is -5.59. The minimum Gasteiger partial charge on any atom is -0.461 e. The summed E-state index contributed by atoms with van der Waals surface area (Å²) < 4.78 is 67.9. The van der Waals surface area contributed by atoms with E-state index in [1.807, 2.05) is 0 Å². The molecule has 3 fully saturated rings. The highest BCUT2D eigenvalue weighted by Gasteiger charge is 2.51. The number of carbonyl (C=O) groups excluding carboxylic acids is 4. The third kappa shape index (κ3) is 17.2. The molecule has 26 nitrogen and oxygen atoms in total. The lowest BCUT2D eigenvalue weighted by atomic mass is 9.87. The summed E-state index contributed by atoms with van der Waals surface area (Å²) in [5.74, 6) is -1.35. The summed E-state index contributed by atoms with van der Waals surface area (Å²) >= 11 is 0. The Morgan fingerprint density at radius 3 is 2.11 bits per heavy atom. The van der Waals surface area contributed by atoms with Crippen LogP contribution in [0.4, 0.5) is 5.82 Å². The van der Waals surface area contributed by atoms with Crippen LogP contribution in [0.1, 0.15) is 121 Å². The molecule has 1 saturated heterocycles. The van der Waals surface area contributed by atoms with Crippen LogP contribution < -0.4 is 16.4 Å². The number of unbranched alkanes of at least 4 members (excludes halogenated alkanes) is 4. The highest BCUT2D eigenvalue weighted by atomic mass is 31.3. The van der Waals surface area contributed by atoms with Crippen LogP contribution in [0.5, 0.6) is 0 Å². The zero-order valence-corrected chi connectivity index (χ0v) is 44.0. The molecule has 3 aliphatic rings. The van der Waals surface area contributed by atoms with Crippen LogP contribution in [0.2, 0.25) is 0 Å². The number of phosphoric ester groups is 3.